The molecule has 0 saturated heterocycles. The maximum atomic E-state index is 9.37. The van der Waals surface area contributed by atoms with Crippen LogP contribution in [0.4, 0.5) is 0 Å². The first-order chi connectivity index (χ1) is 5.18. The largest absolute Gasteiger partial charge is 0.481 e. The lowest BCUT2D eigenvalue weighted by Gasteiger charge is -1.85. The third-order valence-electron chi connectivity index (χ3n) is 1.15. The summed E-state index contributed by atoms with van der Waals surface area (Å²) >= 11 is 0. The van der Waals surface area contributed by atoms with E-state index in [0.717, 1.165) is 0 Å². The zero-order valence-corrected chi connectivity index (χ0v) is 7.76. The fraction of sp³-hybridized carbons (Fsp3) is 0.778. The first kappa shape index (κ1) is 13.1. The SMILES string of the molecule is CCC(=O)O.C[CH]CCCC. The van der Waals surface area contributed by atoms with Gasteiger partial charge in [-0.3, -0.25) is 4.79 Å². The molecule has 0 unspecified atom stereocenters. The first-order valence-electron chi connectivity index (χ1n) is 4.18. The van der Waals surface area contributed by atoms with E-state index in [9.17, 15) is 4.79 Å². The minimum absolute atomic E-state index is 0.222. The molecule has 11 heavy (non-hydrogen) atoms. The Labute approximate surface area is 69.6 Å². The number of hydrogen-bond acceptors (Lipinski definition) is 1. The highest BCUT2D eigenvalue weighted by atomic mass is 16.4. The third kappa shape index (κ3) is 26.4. The van der Waals surface area contributed by atoms with Crippen LogP contribution < -0.4 is 0 Å². The Morgan fingerprint density at radius 3 is 2.00 bits per heavy atom. The molecule has 0 aromatic rings. The van der Waals surface area contributed by atoms with Gasteiger partial charge in [0.25, 0.3) is 0 Å². The zero-order valence-electron chi connectivity index (χ0n) is 7.76. The molecule has 0 amide bonds. The van der Waals surface area contributed by atoms with Crippen LogP contribution in [0.15, 0.2) is 0 Å². The van der Waals surface area contributed by atoms with E-state index in [1.54, 1.807) is 6.92 Å². The van der Waals surface area contributed by atoms with Crippen LogP contribution in [0.25, 0.3) is 0 Å². The van der Waals surface area contributed by atoms with Crippen LogP contribution in [0.3, 0.4) is 0 Å². The Balaban J connectivity index is 0. The maximum Gasteiger partial charge on any atom is 0.303 e. The Morgan fingerprint density at radius 2 is 1.91 bits per heavy atom. The van der Waals surface area contributed by atoms with Gasteiger partial charge in [-0.2, -0.15) is 0 Å². The van der Waals surface area contributed by atoms with Crippen molar-refractivity contribution in [2.45, 2.75) is 46.5 Å². The summed E-state index contributed by atoms with van der Waals surface area (Å²) in [4.78, 5) is 9.37. The smallest absolute Gasteiger partial charge is 0.303 e. The Kier molecular flexibility index (Phi) is 14.5. The van der Waals surface area contributed by atoms with Crippen LogP contribution in [0.5, 0.6) is 0 Å². The molecular weight excluding hydrogens is 140 g/mol. The van der Waals surface area contributed by atoms with Crippen molar-refractivity contribution in [2.75, 3.05) is 0 Å². The van der Waals surface area contributed by atoms with E-state index in [4.69, 9.17) is 5.11 Å². The summed E-state index contributed by atoms with van der Waals surface area (Å²) < 4.78 is 0. The monoisotopic (exact) mass is 159 g/mol. The second kappa shape index (κ2) is 12.2. The minimum Gasteiger partial charge on any atom is -0.481 e. The molecule has 2 nitrogen and oxygen atoms in total. The van der Waals surface area contributed by atoms with E-state index in [0.29, 0.717) is 0 Å². The summed E-state index contributed by atoms with van der Waals surface area (Å²) in [6.07, 6.45) is 6.40. The number of carboxylic acids is 1. The molecule has 0 aliphatic heterocycles. The van der Waals surface area contributed by atoms with Gasteiger partial charge in [-0.05, 0) is 6.42 Å². The summed E-state index contributed by atoms with van der Waals surface area (Å²) in [5, 5.41) is 7.72. The summed E-state index contributed by atoms with van der Waals surface area (Å²) in [7, 11) is 0. The van der Waals surface area contributed by atoms with Gasteiger partial charge in [0.2, 0.25) is 0 Å². The number of hydrogen-bond donors (Lipinski definition) is 1. The Hall–Kier alpha value is -0.530. The Morgan fingerprint density at radius 1 is 1.45 bits per heavy atom. The quantitative estimate of drug-likeness (QED) is 0.640. The van der Waals surface area contributed by atoms with Crippen molar-refractivity contribution in [2.24, 2.45) is 0 Å². The Bertz CT molecular complexity index is 75.6. The maximum absolute atomic E-state index is 9.37. The van der Waals surface area contributed by atoms with Crippen LogP contribution in [0, 0.1) is 6.42 Å². The van der Waals surface area contributed by atoms with Gasteiger partial charge < -0.3 is 5.11 Å². The van der Waals surface area contributed by atoms with Crippen molar-refractivity contribution in [1.29, 1.82) is 0 Å². The highest BCUT2D eigenvalue weighted by molar-refractivity contribution is 5.66. The summed E-state index contributed by atoms with van der Waals surface area (Å²) in [6.45, 7) is 5.92. The average Bonchev–Trinajstić information content (AvgIpc) is 2.02. The molecule has 2 heteroatoms. The normalized spacial score (nSPS) is 8.27. The topological polar surface area (TPSA) is 37.3 Å². The summed E-state index contributed by atoms with van der Waals surface area (Å²) in [5.74, 6) is -0.745. The van der Waals surface area contributed by atoms with E-state index in [-0.39, 0.29) is 6.42 Å². The van der Waals surface area contributed by atoms with Gasteiger partial charge in [0.05, 0.1) is 0 Å². The van der Waals surface area contributed by atoms with Crippen molar-refractivity contribution >= 4 is 5.97 Å². The molecule has 0 aliphatic carbocycles. The van der Waals surface area contributed by atoms with E-state index in [1.807, 2.05) is 0 Å². The molecule has 0 heterocycles. The van der Waals surface area contributed by atoms with Crippen LogP contribution in [0.1, 0.15) is 46.5 Å². The van der Waals surface area contributed by atoms with Crippen molar-refractivity contribution < 1.29 is 9.90 Å². The molecule has 0 saturated carbocycles. The second-order valence-corrected chi connectivity index (χ2v) is 2.30. The molecule has 0 rings (SSSR count). The number of aliphatic carboxylic acids is 1. The lowest BCUT2D eigenvalue weighted by molar-refractivity contribution is -0.136. The van der Waals surface area contributed by atoms with Gasteiger partial charge in [-0.1, -0.05) is 40.0 Å². The minimum atomic E-state index is -0.745. The lowest BCUT2D eigenvalue weighted by Crippen LogP contribution is -1.86. The molecule has 67 valence electrons. The number of unbranched alkanes of at least 4 members (excludes halogenated alkanes) is 3. The van der Waals surface area contributed by atoms with E-state index in [2.05, 4.69) is 20.3 Å². The van der Waals surface area contributed by atoms with Crippen molar-refractivity contribution in [3.63, 3.8) is 0 Å². The van der Waals surface area contributed by atoms with Gasteiger partial charge >= 0.3 is 5.97 Å². The molecule has 1 N–H and O–H groups in total. The second-order valence-electron chi connectivity index (χ2n) is 2.30. The third-order valence-corrected chi connectivity index (χ3v) is 1.15. The van der Waals surface area contributed by atoms with Crippen molar-refractivity contribution in [3.8, 4) is 0 Å². The number of rotatable bonds is 4. The average molecular weight is 159 g/mol. The van der Waals surface area contributed by atoms with Gasteiger partial charge in [-0.25, -0.2) is 0 Å². The molecular formula is C9H19O2. The van der Waals surface area contributed by atoms with E-state index >= 15 is 0 Å². The van der Waals surface area contributed by atoms with Gasteiger partial charge in [0, 0.05) is 6.42 Å². The highest BCUT2D eigenvalue weighted by Crippen LogP contribution is 1.94. The lowest BCUT2D eigenvalue weighted by atomic mass is 10.2. The molecule has 0 aliphatic rings. The van der Waals surface area contributed by atoms with Gasteiger partial charge in [0.1, 0.15) is 0 Å². The van der Waals surface area contributed by atoms with Crippen LogP contribution in [-0.4, -0.2) is 11.1 Å². The standard InChI is InChI=1S/C6H13.C3H6O2/c1-3-5-6-4-2;1-2-3(4)5/h3H,4-6H2,1-2H3;2H2,1H3,(H,4,5). The van der Waals surface area contributed by atoms with Crippen molar-refractivity contribution in [1.82, 2.24) is 0 Å². The zero-order chi connectivity index (χ0) is 9.11. The molecule has 0 bridgehead atoms. The number of carboxylic acid groups (broad SMARTS) is 1. The first-order valence-corrected chi connectivity index (χ1v) is 4.18. The van der Waals surface area contributed by atoms with Crippen molar-refractivity contribution in [3.05, 3.63) is 6.42 Å². The fourth-order valence-electron chi connectivity index (χ4n) is 0.408. The molecule has 0 atom stereocenters. The van der Waals surface area contributed by atoms with Crippen LogP contribution >= 0.6 is 0 Å². The summed E-state index contributed by atoms with van der Waals surface area (Å²) in [6, 6.07) is 0. The molecule has 0 aromatic heterocycles. The number of carbonyl (C=O) groups is 1. The fourth-order valence-corrected chi connectivity index (χ4v) is 0.408. The summed E-state index contributed by atoms with van der Waals surface area (Å²) in [5.41, 5.74) is 0. The molecule has 0 fully saturated rings. The highest BCUT2D eigenvalue weighted by Gasteiger charge is 1.80. The van der Waals surface area contributed by atoms with E-state index in [1.165, 1.54) is 19.3 Å². The molecule has 0 spiro atoms. The molecule has 0 aromatic carbocycles. The predicted octanol–water partition coefficient (Wildman–Crippen LogP) is 2.88. The van der Waals surface area contributed by atoms with Crippen LogP contribution in [-0.2, 0) is 4.79 Å². The van der Waals surface area contributed by atoms with Gasteiger partial charge in [-0.15, -0.1) is 0 Å². The van der Waals surface area contributed by atoms with Crippen LogP contribution in [0.2, 0.25) is 0 Å². The molecule has 1 radical (unpaired) electrons. The predicted molar refractivity (Wildman–Crippen MR) is 47.4 cm³/mol. The van der Waals surface area contributed by atoms with Gasteiger partial charge in [0.15, 0.2) is 0 Å². The van der Waals surface area contributed by atoms with E-state index < -0.39 is 5.97 Å².